The number of hydrogen-bond acceptors (Lipinski definition) is 13. The Morgan fingerprint density at radius 2 is 1.02 bits per heavy atom. The number of unbranched alkanes of at least 4 members (excludes halogenated alkanes) is 1. The van der Waals surface area contributed by atoms with E-state index >= 15 is 0 Å². The van der Waals surface area contributed by atoms with Crippen LogP contribution in [0.1, 0.15) is 31.2 Å². The Hall–Kier alpha value is -4.27. The first kappa shape index (κ1) is 49.7. The standard InChI is InChI=1S/C45H68FN7O10/c46-39-11-9-38(10-12-39)6-4-5-15-47-16-13-45(14-17-47)44(60)52(37-53(45)40-7-2-1-3-8-40)27-29-62-31-33-63-32-30-61-28-26-48-18-20-49(34-41(54)55)22-24-51(36-43(58)59)25-23-50(21-19-48)35-42(56)57/h1-3,7-12H,4-6,13-37H2,(H,54,55)(H,56,57)(H,58,59). The van der Waals surface area contributed by atoms with Crippen molar-refractivity contribution < 1.29 is 53.1 Å². The Balaban J connectivity index is 0.978. The number of benzene rings is 2. The minimum absolute atomic E-state index is 0.159. The molecule has 0 atom stereocenters. The van der Waals surface area contributed by atoms with Crippen LogP contribution in [0.2, 0.25) is 0 Å². The highest BCUT2D eigenvalue weighted by molar-refractivity contribution is 5.93. The van der Waals surface area contributed by atoms with Gasteiger partial charge in [0, 0.05) is 84.2 Å². The molecule has 3 N–H and O–H groups in total. The number of likely N-dealkylation sites (tertiary alicyclic amines) is 1. The Labute approximate surface area is 370 Å². The zero-order valence-electron chi connectivity index (χ0n) is 36.7. The summed E-state index contributed by atoms with van der Waals surface area (Å²) in [6.45, 7) is 9.48. The molecule has 18 heteroatoms. The molecule has 350 valence electrons. The van der Waals surface area contributed by atoms with Gasteiger partial charge in [-0.15, -0.1) is 0 Å². The van der Waals surface area contributed by atoms with Gasteiger partial charge in [-0.3, -0.25) is 38.8 Å². The molecule has 17 nitrogen and oxygen atoms in total. The molecule has 0 unspecified atom stereocenters. The quantitative estimate of drug-likeness (QED) is 0.130. The van der Waals surface area contributed by atoms with Gasteiger partial charge in [0.05, 0.1) is 65.9 Å². The number of carboxylic acids is 3. The predicted molar refractivity (Wildman–Crippen MR) is 234 cm³/mol. The summed E-state index contributed by atoms with van der Waals surface area (Å²) in [4.78, 5) is 62.8. The number of amides is 1. The molecule has 5 rings (SSSR count). The summed E-state index contributed by atoms with van der Waals surface area (Å²) in [6.07, 6.45) is 4.54. The number of carbonyl (C=O) groups is 4. The Kier molecular flexibility index (Phi) is 20.9. The fourth-order valence-electron chi connectivity index (χ4n) is 8.60. The van der Waals surface area contributed by atoms with E-state index in [1.54, 1.807) is 14.7 Å². The van der Waals surface area contributed by atoms with Gasteiger partial charge in [0.1, 0.15) is 11.4 Å². The summed E-state index contributed by atoms with van der Waals surface area (Å²) >= 11 is 0. The summed E-state index contributed by atoms with van der Waals surface area (Å²) in [5.74, 6) is -2.96. The number of aryl methyl sites for hydroxylation is 1. The maximum absolute atomic E-state index is 14.1. The smallest absolute Gasteiger partial charge is 0.317 e. The maximum atomic E-state index is 14.1. The number of carbonyl (C=O) groups excluding carboxylic acids is 1. The maximum Gasteiger partial charge on any atom is 0.317 e. The van der Waals surface area contributed by atoms with E-state index < -0.39 is 23.4 Å². The van der Waals surface area contributed by atoms with Crippen LogP contribution in [0.15, 0.2) is 54.6 Å². The van der Waals surface area contributed by atoms with E-state index in [4.69, 9.17) is 14.2 Å². The van der Waals surface area contributed by atoms with Crippen molar-refractivity contribution >= 4 is 29.5 Å². The SMILES string of the molecule is O=C(O)CN1CCN(CCOCCOCCOCCN2CN(c3ccccc3)C3(CCN(CCCCc4ccc(F)cc4)CC3)C2=O)CCN(CC(=O)O)CCN(CC(=O)O)CC1. The number of ether oxygens (including phenoxy) is 3. The molecule has 0 radical (unpaired) electrons. The van der Waals surface area contributed by atoms with E-state index in [-0.39, 0.29) is 31.4 Å². The van der Waals surface area contributed by atoms with Gasteiger partial charge in [-0.05, 0) is 68.5 Å². The van der Waals surface area contributed by atoms with Crippen LogP contribution in [0, 0.1) is 5.82 Å². The van der Waals surface area contributed by atoms with Crippen molar-refractivity contribution in [1.82, 2.24) is 29.4 Å². The molecule has 0 bridgehead atoms. The zero-order chi connectivity index (χ0) is 44.9. The number of nitrogens with zero attached hydrogens (tertiary/aromatic N) is 7. The van der Waals surface area contributed by atoms with Crippen molar-refractivity contribution in [1.29, 1.82) is 0 Å². The van der Waals surface area contributed by atoms with E-state index in [0.717, 1.165) is 63.0 Å². The summed E-state index contributed by atoms with van der Waals surface area (Å²) in [6, 6.07) is 16.9. The average Bonchev–Trinajstić information content (AvgIpc) is 3.52. The van der Waals surface area contributed by atoms with Crippen LogP contribution in [0.25, 0.3) is 0 Å². The topological polar surface area (TPSA) is 179 Å². The van der Waals surface area contributed by atoms with Crippen molar-refractivity contribution in [3.05, 3.63) is 66.0 Å². The van der Waals surface area contributed by atoms with Crippen LogP contribution in [0.3, 0.4) is 0 Å². The number of aliphatic carboxylic acids is 3. The summed E-state index contributed by atoms with van der Waals surface area (Å²) in [5.41, 5.74) is 1.63. The van der Waals surface area contributed by atoms with E-state index in [9.17, 15) is 38.9 Å². The average molecular weight is 886 g/mol. The van der Waals surface area contributed by atoms with E-state index in [2.05, 4.69) is 26.8 Å². The summed E-state index contributed by atoms with van der Waals surface area (Å²) in [7, 11) is 0. The largest absolute Gasteiger partial charge is 0.480 e. The van der Waals surface area contributed by atoms with Crippen LogP contribution < -0.4 is 4.90 Å². The third-order valence-corrected chi connectivity index (χ3v) is 12.2. The molecule has 3 fully saturated rings. The Morgan fingerprint density at radius 1 is 0.556 bits per heavy atom. The number of halogens is 1. The van der Waals surface area contributed by atoms with Crippen molar-refractivity contribution in [3.63, 3.8) is 0 Å². The fourth-order valence-corrected chi connectivity index (χ4v) is 8.60. The number of carboxylic acid groups (broad SMARTS) is 3. The molecule has 0 saturated carbocycles. The van der Waals surface area contributed by atoms with Gasteiger partial charge in [0.15, 0.2) is 0 Å². The molecular formula is C45H68FN7O10. The highest BCUT2D eigenvalue weighted by Gasteiger charge is 2.53. The van der Waals surface area contributed by atoms with Gasteiger partial charge in [-0.1, -0.05) is 30.3 Å². The molecule has 1 amide bonds. The minimum atomic E-state index is -0.991. The van der Waals surface area contributed by atoms with Crippen LogP contribution in [-0.4, -0.2) is 225 Å². The molecule has 2 aromatic carbocycles. The summed E-state index contributed by atoms with van der Waals surface area (Å²) < 4.78 is 30.8. The number of para-hydroxylation sites is 1. The van der Waals surface area contributed by atoms with Crippen molar-refractivity contribution in [2.75, 3.05) is 156 Å². The normalized spacial score (nSPS) is 19.0. The molecule has 3 aliphatic rings. The molecule has 63 heavy (non-hydrogen) atoms. The van der Waals surface area contributed by atoms with Gasteiger partial charge < -0.3 is 44.2 Å². The van der Waals surface area contributed by atoms with Gasteiger partial charge >= 0.3 is 17.9 Å². The third-order valence-electron chi connectivity index (χ3n) is 12.2. The molecule has 3 heterocycles. The zero-order valence-corrected chi connectivity index (χ0v) is 36.7. The lowest BCUT2D eigenvalue weighted by molar-refractivity contribution is -0.140. The molecule has 0 aliphatic carbocycles. The molecule has 1 spiro atoms. The van der Waals surface area contributed by atoms with E-state index in [1.165, 1.54) is 12.1 Å². The van der Waals surface area contributed by atoms with Gasteiger partial charge in [0.25, 0.3) is 0 Å². The second-order valence-corrected chi connectivity index (χ2v) is 16.6. The number of piperidine rings is 1. The predicted octanol–water partition coefficient (Wildman–Crippen LogP) is 1.81. The highest BCUT2D eigenvalue weighted by atomic mass is 19.1. The van der Waals surface area contributed by atoms with Crippen LogP contribution >= 0.6 is 0 Å². The first-order valence-electron chi connectivity index (χ1n) is 22.4. The second-order valence-electron chi connectivity index (χ2n) is 16.6. The van der Waals surface area contributed by atoms with Crippen molar-refractivity contribution in [3.8, 4) is 0 Å². The van der Waals surface area contributed by atoms with Crippen LogP contribution in [0.5, 0.6) is 0 Å². The monoisotopic (exact) mass is 886 g/mol. The van der Waals surface area contributed by atoms with Gasteiger partial charge in [-0.25, -0.2) is 4.39 Å². The minimum Gasteiger partial charge on any atom is -0.480 e. The molecular weight excluding hydrogens is 818 g/mol. The number of anilines is 1. The first-order valence-corrected chi connectivity index (χ1v) is 22.4. The lowest BCUT2D eigenvalue weighted by Gasteiger charge is -2.43. The van der Waals surface area contributed by atoms with Gasteiger partial charge in [0.2, 0.25) is 5.91 Å². The fraction of sp³-hybridized carbons (Fsp3) is 0.644. The Bertz CT molecular complexity index is 1660. The lowest BCUT2D eigenvalue weighted by atomic mass is 9.85. The molecule has 3 aliphatic heterocycles. The third kappa shape index (κ3) is 17.0. The molecule has 0 aromatic heterocycles. The number of rotatable bonds is 24. The second kappa shape index (κ2) is 26.5. The van der Waals surface area contributed by atoms with Crippen molar-refractivity contribution in [2.24, 2.45) is 0 Å². The highest BCUT2D eigenvalue weighted by Crippen LogP contribution is 2.39. The van der Waals surface area contributed by atoms with Crippen LogP contribution in [0.4, 0.5) is 10.1 Å². The molecule has 2 aromatic rings. The summed E-state index contributed by atoms with van der Waals surface area (Å²) in [5, 5.41) is 28.3. The Morgan fingerprint density at radius 3 is 1.52 bits per heavy atom. The van der Waals surface area contributed by atoms with Gasteiger partial charge in [-0.2, -0.15) is 0 Å². The molecule has 3 saturated heterocycles. The van der Waals surface area contributed by atoms with E-state index in [0.29, 0.717) is 112 Å². The van der Waals surface area contributed by atoms with E-state index in [1.807, 2.05) is 35.2 Å². The first-order chi connectivity index (χ1) is 30.5. The van der Waals surface area contributed by atoms with Crippen LogP contribution in [-0.2, 0) is 39.8 Å². The lowest BCUT2D eigenvalue weighted by Crippen LogP contribution is -2.56. The van der Waals surface area contributed by atoms with Crippen molar-refractivity contribution in [2.45, 2.75) is 37.6 Å². The number of hydrogen-bond donors (Lipinski definition) is 3.